The fourth-order valence-corrected chi connectivity index (χ4v) is 2.18. The zero-order valence-corrected chi connectivity index (χ0v) is 12.3. The molecule has 0 aliphatic heterocycles. The molecule has 0 aromatic carbocycles. The van der Waals surface area contributed by atoms with Crippen LogP contribution in [-0.4, -0.2) is 36.4 Å². The van der Waals surface area contributed by atoms with E-state index in [-0.39, 0.29) is 17.2 Å². The van der Waals surface area contributed by atoms with E-state index >= 15 is 0 Å². The second-order valence-electron chi connectivity index (χ2n) is 5.90. The second kappa shape index (κ2) is 5.88. The van der Waals surface area contributed by atoms with Gasteiger partial charge in [-0.3, -0.25) is 15.4 Å². The molecule has 6 nitrogen and oxygen atoms in total. The summed E-state index contributed by atoms with van der Waals surface area (Å²) < 4.78 is 0. The minimum Gasteiger partial charge on any atom is -0.376 e. The van der Waals surface area contributed by atoms with Crippen molar-refractivity contribution in [1.29, 1.82) is 0 Å². The van der Waals surface area contributed by atoms with Crippen LogP contribution in [0.5, 0.6) is 0 Å². The summed E-state index contributed by atoms with van der Waals surface area (Å²) in [5.41, 5.74) is 0.000464. The van der Waals surface area contributed by atoms with Crippen LogP contribution >= 0.6 is 0 Å². The highest BCUT2D eigenvalue weighted by Crippen LogP contribution is 2.57. The Morgan fingerprint density at radius 3 is 2.32 bits per heavy atom. The van der Waals surface area contributed by atoms with Crippen molar-refractivity contribution in [3.8, 4) is 0 Å². The van der Waals surface area contributed by atoms with Gasteiger partial charge in [-0.1, -0.05) is 20.8 Å². The number of rotatable bonds is 5. The molecule has 4 N–H and O–H groups in total. The lowest BCUT2D eigenvalue weighted by Gasteiger charge is -2.20. The van der Waals surface area contributed by atoms with E-state index in [4.69, 9.17) is 0 Å². The molecule has 0 radical (unpaired) electrons. The lowest BCUT2D eigenvalue weighted by atomic mass is 9.92. The molecule has 0 heterocycles. The van der Waals surface area contributed by atoms with Gasteiger partial charge in [-0.05, 0) is 31.7 Å². The van der Waals surface area contributed by atoms with Gasteiger partial charge in [0.25, 0.3) is 0 Å². The quantitative estimate of drug-likeness (QED) is 0.546. The Morgan fingerprint density at radius 1 is 1.32 bits per heavy atom. The number of aliphatic hydroxyl groups excluding tert-OH is 1. The maximum Gasteiger partial charge on any atom is 0.321 e. The molecule has 0 spiro atoms. The number of likely N-dealkylation sites (N-methyl/N-ethyl adjacent to an activating group) is 1. The van der Waals surface area contributed by atoms with Crippen LogP contribution in [-0.2, 0) is 4.79 Å². The molecule has 19 heavy (non-hydrogen) atoms. The molecule has 0 aromatic heterocycles. The van der Waals surface area contributed by atoms with Crippen LogP contribution in [0, 0.1) is 17.3 Å². The van der Waals surface area contributed by atoms with Crippen molar-refractivity contribution in [2.45, 2.75) is 46.4 Å². The second-order valence-corrected chi connectivity index (χ2v) is 5.90. The average Bonchev–Trinajstić information content (AvgIpc) is 3.02. The van der Waals surface area contributed by atoms with Crippen molar-refractivity contribution in [3.05, 3.63) is 0 Å². The first kappa shape index (κ1) is 15.9. The van der Waals surface area contributed by atoms with Gasteiger partial charge in [0.2, 0.25) is 5.91 Å². The predicted octanol–water partition coefficient (Wildman–Crippen LogP) is 0.421. The van der Waals surface area contributed by atoms with Crippen molar-refractivity contribution in [1.82, 2.24) is 16.0 Å². The molecule has 110 valence electrons. The number of carbonyl (C=O) groups excluding carboxylic acids is 2. The van der Waals surface area contributed by atoms with Gasteiger partial charge in [0.05, 0.1) is 6.04 Å². The first-order chi connectivity index (χ1) is 8.72. The Hall–Kier alpha value is -1.14. The van der Waals surface area contributed by atoms with Crippen molar-refractivity contribution >= 4 is 11.9 Å². The third-order valence-corrected chi connectivity index (χ3v) is 4.28. The monoisotopic (exact) mass is 271 g/mol. The zero-order valence-electron chi connectivity index (χ0n) is 12.3. The Kier molecular flexibility index (Phi) is 4.92. The summed E-state index contributed by atoms with van der Waals surface area (Å²) in [4.78, 5) is 23.5. The highest BCUT2D eigenvalue weighted by Gasteiger charge is 2.56. The number of imide groups is 1. The van der Waals surface area contributed by atoms with Gasteiger partial charge in [0.15, 0.2) is 0 Å². The van der Waals surface area contributed by atoms with E-state index in [1.54, 1.807) is 14.0 Å². The Balaban J connectivity index is 2.40. The molecule has 3 amide bonds. The third kappa shape index (κ3) is 3.67. The molecule has 1 aliphatic rings. The molecule has 1 aliphatic carbocycles. The minimum atomic E-state index is -0.845. The molecule has 1 unspecified atom stereocenters. The summed E-state index contributed by atoms with van der Waals surface area (Å²) in [6.45, 7) is 7.88. The van der Waals surface area contributed by atoms with Crippen molar-refractivity contribution in [3.63, 3.8) is 0 Å². The predicted molar refractivity (Wildman–Crippen MR) is 72.3 cm³/mol. The molecular formula is C13H25N3O3. The molecule has 6 heteroatoms. The van der Waals surface area contributed by atoms with Crippen LogP contribution in [0.25, 0.3) is 0 Å². The highest BCUT2D eigenvalue weighted by molar-refractivity contribution is 5.97. The highest BCUT2D eigenvalue weighted by atomic mass is 16.3. The van der Waals surface area contributed by atoms with Gasteiger partial charge >= 0.3 is 6.03 Å². The van der Waals surface area contributed by atoms with Gasteiger partial charge in [-0.25, -0.2) is 4.79 Å². The third-order valence-electron chi connectivity index (χ3n) is 4.28. The summed E-state index contributed by atoms with van der Waals surface area (Å²) >= 11 is 0. The van der Waals surface area contributed by atoms with Gasteiger partial charge in [-0.2, -0.15) is 0 Å². The number of hydrogen-bond acceptors (Lipinski definition) is 4. The van der Waals surface area contributed by atoms with E-state index in [1.165, 1.54) is 0 Å². The van der Waals surface area contributed by atoms with Crippen LogP contribution in [0.15, 0.2) is 0 Å². The minimum absolute atomic E-state index is 0.000464. The topological polar surface area (TPSA) is 90.5 Å². The SMILES string of the molecule is CNC(O)[C@@H](C)NC(=O)NC(=O)[C@@H]1C[C@@]1(C)C(C)C. The number of nitrogens with one attached hydrogen (secondary N) is 3. The molecular weight excluding hydrogens is 246 g/mol. The van der Waals surface area contributed by atoms with Gasteiger partial charge < -0.3 is 10.4 Å². The first-order valence-corrected chi connectivity index (χ1v) is 6.69. The summed E-state index contributed by atoms with van der Waals surface area (Å²) in [6, 6.07) is -1.04. The van der Waals surface area contributed by atoms with Gasteiger partial charge in [0.1, 0.15) is 6.23 Å². The van der Waals surface area contributed by atoms with Crippen molar-refractivity contribution in [2.24, 2.45) is 17.3 Å². The Bertz CT molecular complexity index is 359. The van der Waals surface area contributed by atoms with E-state index in [9.17, 15) is 14.7 Å². The lowest BCUT2D eigenvalue weighted by Crippen LogP contribution is -2.51. The fraction of sp³-hybridized carbons (Fsp3) is 0.846. The van der Waals surface area contributed by atoms with Crippen molar-refractivity contribution < 1.29 is 14.7 Å². The van der Waals surface area contributed by atoms with Crippen LogP contribution in [0.4, 0.5) is 4.79 Å². The molecule has 0 saturated heterocycles. The Labute approximate surface area is 114 Å². The molecule has 1 fully saturated rings. The zero-order chi connectivity index (χ0) is 14.8. The van der Waals surface area contributed by atoms with Gasteiger partial charge in [-0.15, -0.1) is 0 Å². The Morgan fingerprint density at radius 2 is 1.89 bits per heavy atom. The number of amides is 3. The number of aliphatic hydroxyl groups is 1. The van der Waals surface area contributed by atoms with E-state index in [0.29, 0.717) is 5.92 Å². The number of carbonyl (C=O) groups is 2. The standard InChI is InChI=1S/C13H25N3O3/c1-7(2)13(4)6-9(13)11(18)16-12(19)15-8(3)10(17)14-5/h7-10,14,17H,6H2,1-5H3,(H2,15,16,18,19)/t8-,9+,10?,13+/m1/s1. The van der Waals surface area contributed by atoms with Crippen LogP contribution < -0.4 is 16.0 Å². The number of hydrogen-bond donors (Lipinski definition) is 4. The average molecular weight is 271 g/mol. The molecule has 1 rings (SSSR count). The van der Waals surface area contributed by atoms with Crippen LogP contribution in [0.3, 0.4) is 0 Å². The molecule has 0 bridgehead atoms. The smallest absolute Gasteiger partial charge is 0.321 e. The summed E-state index contributed by atoms with van der Waals surface area (Å²) in [5.74, 6) is 0.0824. The molecule has 1 saturated carbocycles. The molecule has 4 atom stereocenters. The van der Waals surface area contributed by atoms with E-state index in [0.717, 1.165) is 6.42 Å². The largest absolute Gasteiger partial charge is 0.376 e. The molecule has 0 aromatic rings. The van der Waals surface area contributed by atoms with E-state index in [2.05, 4.69) is 36.7 Å². The summed E-state index contributed by atoms with van der Waals surface area (Å²) in [5, 5.41) is 16.9. The van der Waals surface area contributed by atoms with Gasteiger partial charge in [0, 0.05) is 5.92 Å². The lowest BCUT2D eigenvalue weighted by molar-refractivity contribution is -0.122. The maximum atomic E-state index is 11.9. The van der Waals surface area contributed by atoms with E-state index in [1.807, 2.05) is 0 Å². The number of urea groups is 1. The van der Waals surface area contributed by atoms with E-state index < -0.39 is 18.3 Å². The fourth-order valence-electron chi connectivity index (χ4n) is 2.18. The van der Waals surface area contributed by atoms with Crippen molar-refractivity contribution in [2.75, 3.05) is 7.05 Å². The normalized spacial score (nSPS) is 28.7. The van der Waals surface area contributed by atoms with Crippen LogP contribution in [0.2, 0.25) is 0 Å². The summed E-state index contributed by atoms with van der Waals surface area (Å²) in [6.07, 6.45) is -0.0268. The maximum absolute atomic E-state index is 11.9. The summed E-state index contributed by atoms with van der Waals surface area (Å²) in [7, 11) is 1.59. The van der Waals surface area contributed by atoms with Crippen LogP contribution in [0.1, 0.15) is 34.1 Å². The first-order valence-electron chi connectivity index (χ1n) is 6.69.